The lowest BCUT2D eigenvalue weighted by atomic mass is 9.80. The Morgan fingerprint density at radius 2 is 1.88 bits per heavy atom. The van der Waals surface area contributed by atoms with E-state index < -0.39 is 0 Å². The van der Waals surface area contributed by atoms with E-state index in [0.29, 0.717) is 19.1 Å². The molecule has 2 aliphatic heterocycles. The smallest absolute Gasteiger partial charge is 0.219 e. The monoisotopic (exact) mass is 344 g/mol. The fourth-order valence-electron chi connectivity index (χ4n) is 4.53. The van der Waals surface area contributed by atoms with Crippen molar-refractivity contribution in [1.29, 1.82) is 0 Å². The van der Waals surface area contributed by atoms with Gasteiger partial charge >= 0.3 is 0 Å². The van der Waals surface area contributed by atoms with Crippen molar-refractivity contribution >= 4 is 5.91 Å². The minimum atomic E-state index is -0.235. The number of ether oxygens (including phenoxy) is 2. The molecule has 0 bridgehead atoms. The molecule has 1 amide bonds. The summed E-state index contributed by atoms with van der Waals surface area (Å²) in [6.07, 6.45) is 4.28. The van der Waals surface area contributed by atoms with Crippen molar-refractivity contribution in [1.82, 2.24) is 9.80 Å². The zero-order valence-electron chi connectivity index (χ0n) is 15.1. The van der Waals surface area contributed by atoms with E-state index in [-0.39, 0.29) is 11.5 Å². The Morgan fingerprint density at radius 1 is 1.16 bits per heavy atom. The number of hydrogen-bond donors (Lipinski definition) is 0. The lowest BCUT2D eigenvalue weighted by Gasteiger charge is -2.45. The van der Waals surface area contributed by atoms with Gasteiger partial charge in [-0.15, -0.1) is 0 Å². The number of fused-ring (bicyclic) bond motifs is 1. The van der Waals surface area contributed by atoms with Gasteiger partial charge in [0.2, 0.25) is 5.91 Å². The first kappa shape index (κ1) is 16.9. The normalized spacial score (nSPS) is 30.4. The zero-order chi connectivity index (χ0) is 17.3. The maximum absolute atomic E-state index is 12.1. The van der Waals surface area contributed by atoms with Gasteiger partial charge in [0.1, 0.15) is 11.4 Å². The van der Waals surface area contributed by atoms with Crippen LogP contribution in [-0.4, -0.2) is 60.2 Å². The van der Waals surface area contributed by atoms with Crippen LogP contribution in [0.15, 0.2) is 24.3 Å². The summed E-state index contributed by atoms with van der Waals surface area (Å²) in [6.45, 7) is 6.81. The molecular weight excluding hydrogens is 316 g/mol. The quantitative estimate of drug-likeness (QED) is 0.785. The third kappa shape index (κ3) is 3.53. The van der Waals surface area contributed by atoms with Crippen molar-refractivity contribution in [3.05, 3.63) is 29.8 Å². The Balaban J connectivity index is 1.51. The number of carbonyl (C=O) groups excluding carboxylic acids is 1. The van der Waals surface area contributed by atoms with Crippen molar-refractivity contribution in [3.63, 3.8) is 0 Å². The van der Waals surface area contributed by atoms with Crippen LogP contribution in [0.25, 0.3) is 0 Å². The van der Waals surface area contributed by atoms with E-state index in [2.05, 4.69) is 17.0 Å². The number of para-hydroxylation sites is 1. The van der Waals surface area contributed by atoms with Gasteiger partial charge in [0.25, 0.3) is 0 Å². The van der Waals surface area contributed by atoms with Crippen molar-refractivity contribution in [2.75, 3.05) is 32.8 Å². The molecule has 3 aliphatic rings. The zero-order valence-corrected chi connectivity index (χ0v) is 15.1. The van der Waals surface area contributed by atoms with Crippen molar-refractivity contribution < 1.29 is 14.3 Å². The van der Waals surface area contributed by atoms with Gasteiger partial charge in [0.15, 0.2) is 0 Å². The molecule has 1 saturated carbocycles. The van der Waals surface area contributed by atoms with Gasteiger partial charge in [-0.1, -0.05) is 18.2 Å². The number of nitrogens with zero attached hydrogens (tertiary/aromatic N) is 2. The maximum Gasteiger partial charge on any atom is 0.219 e. The van der Waals surface area contributed by atoms with E-state index >= 15 is 0 Å². The molecule has 25 heavy (non-hydrogen) atoms. The first-order chi connectivity index (χ1) is 12.2. The molecule has 4 rings (SSSR count). The molecule has 0 radical (unpaired) electrons. The molecule has 1 aliphatic carbocycles. The summed E-state index contributed by atoms with van der Waals surface area (Å²) in [5.74, 6) is 1.09. The van der Waals surface area contributed by atoms with Gasteiger partial charge in [0.05, 0.1) is 19.8 Å². The van der Waals surface area contributed by atoms with Gasteiger partial charge < -0.3 is 14.4 Å². The third-order valence-electron chi connectivity index (χ3n) is 6.01. The number of rotatable bonds is 1. The maximum atomic E-state index is 12.1. The average Bonchev–Trinajstić information content (AvgIpc) is 2.80. The molecule has 2 fully saturated rings. The van der Waals surface area contributed by atoms with Crippen LogP contribution in [0.3, 0.4) is 0 Å². The summed E-state index contributed by atoms with van der Waals surface area (Å²) in [4.78, 5) is 16.7. The molecule has 0 aromatic heterocycles. The van der Waals surface area contributed by atoms with Crippen LogP contribution in [-0.2, 0) is 16.1 Å². The average molecular weight is 344 g/mol. The van der Waals surface area contributed by atoms with Crippen molar-refractivity contribution in [2.24, 2.45) is 0 Å². The number of hydrogen-bond acceptors (Lipinski definition) is 4. The SMILES string of the molecule is CC(=O)N1Cc2ccccc2OC2(CCC(N3CCOCC3)CC2)C1. The number of benzene rings is 1. The van der Waals surface area contributed by atoms with E-state index in [1.54, 1.807) is 6.92 Å². The van der Waals surface area contributed by atoms with Crippen LogP contribution in [0.4, 0.5) is 0 Å². The molecule has 1 saturated heterocycles. The highest BCUT2D eigenvalue weighted by Crippen LogP contribution is 2.39. The largest absolute Gasteiger partial charge is 0.485 e. The van der Waals surface area contributed by atoms with Crippen LogP contribution in [0.5, 0.6) is 5.75 Å². The minimum absolute atomic E-state index is 0.134. The molecule has 0 atom stereocenters. The first-order valence-corrected chi connectivity index (χ1v) is 9.49. The molecule has 1 aromatic rings. The van der Waals surface area contributed by atoms with Gasteiger partial charge in [-0.25, -0.2) is 0 Å². The predicted molar refractivity (Wildman–Crippen MR) is 95.5 cm³/mol. The van der Waals surface area contributed by atoms with Crippen LogP contribution < -0.4 is 4.74 Å². The van der Waals surface area contributed by atoms with Crippen LogP contribution in [0.1, 0.15) is 38.2 Å². The highest BCUT2D eigenvalue weighted by molar-refractivity contribution is 5.73. The Kier molecular flexibility index (Phi) is 4.69. The molecule has 1 aromatic carbocycles. The lowest BCUT2D eigenvalue weighted by molar-refractivity contribution is -0.132. The van der Waals surface area contributed by atoms with Crippen LogP contribution >= 0.6 is 0 Å². The summed E-state index contributed by atoms with van der Waals surface area (Å²) in [5, 5.41) is 0. The Bertz CT molecular complexity index is 619. The van der Waals surface area contributed by atoms with Gasteiger partial charge in [-0.2, -0.15) is 0 Å². The van der Waals surface area contributed by atoms with Crippen LogP contribution in [0.2, 0.25) is 0 Å². The molecule has 136 valence electrons. The number of amides is 1. The summed E-state index contributed by atoms with van der Waals surface area (Å²) in [6, 6.07) is 8.80. The van der Waals surface area contributed by atoms with Crippen LogP contribution in [0, 0.1) is 0 Å². The fourth-order valence-corrected chi connectivity index (χ4v) is 4.53. The van der Waals surface area contributed by atoms with Gasteiger partial charge in [-0.05, 0) is 31.7 Å². The number of carbonyl (C=O) groups is 1. The van der Waals surface area contributed by atoms with E-state index in [0.717, 1.165) is 63.3 Å². The highest BCUT2D eigenvalue weighted by atomic mass is 16.5. The summed E-state index contributed by atoms with van der Waals surface area (Å²) in [5.41, 5.74) is 0.881. The Morgan fingerprint density at radius 3 is 2.60 bits per heavy atom. The molecule has 1 spiro atoms. The van der Waals surface area contributed by atoms with Crippen molar-refractivity contribution in [2.45, 2.75) is 50.8 Å². The standard InChI is InChI=1S/C20H28N2O3/c1-16(23)22-14-17-4-2-3-5-19(17)25-20(15-22)8-6-18(7-9-20)21-10-12-24-13-11-21/h2-5,18H,6-15H2,1H3. The topological polar surface area (TPSA) is 42.0 Å². The number of morpholine rings is 1. The van der Waals surface area contributed by atoms with E-state index in [4.69, 9.17) is 9.47 Å². The van der Waals surface area contributed by atoms with E-state index in [1.807, 2.05) is 17.0 Å². The van der Waals surface area contributed by atoms with E-state index in [9.17, 15) is 4.79 Å². The van der Waals surface area contributed by atoms with E-state index in [1.165, 1.54) is 0 Å². The summed E-state index contributed by atoms with van der Waals surface area (Å²) < 4.78 is 12.1. The molecule has 5 nitrogen and oxygen atoms in total. The molecule has 0 unspecified atom stereocenters. The molecule has 5 heteroatoms. The van der Waals surface area contributed by atoms with Gasteiger partial charge in [0, 0.05) is 38.2 Å². The second kappa shape index (κ2) is 6.96. The molecule has 2 heterocycles. The van der Waals surface area contributed by atoms with Crippen molar-refractivity contribution in [3.8, 4) is 5.75 Å². The fraction of sp³-hybridized carbons (Fsp3) is 0.650. The van der Waals surface area contributed by atoms with Gasteiger partial charge in [-0.3, -0.25) is 9.69 Å². The Hall–Kier alpha value is -1.59. The molecule has 0 N–H and O–H groups in total. The first-order valence-electron chi connectivity index (χ1n) is 9.49. The second-order valence-corrected chi connectivity index (χ2v) is 7.65. The highest BCUT2D eigenvalue weighted by Gasteiger charge is 2.42. The summed E-state index contributed by atoms with van der Waals surface area (Å²) in [7, 11) is 0. The molecular formula is C20H28N2O3. The third-order valence-corrected chi connectivity index (χ3v) is 6.01. The second-order valence-electron chi connectivity index (χ2n) is 7.65. The summed E-state index contributed by atoms with van der Waals surface area (Å²) >= 11 is 0. The minimum Gasteiger partial charge on any atom is -0.485 e. The lowest BCUT2D eigenvalue weighted by Crippen LogP contribution is -2.53. The Labute approximate surface area is 149 Å². The predicted octanol–water partition coefficient (Wildman–Crippen LogP) is 2.44.